The molecule has 0 amide bonds. The lowest BCUT2D eigenvalue weighted by Gasteiger charge is -2.06. The van der Waals surface area contributed by atoms with E-state index >= 15 is 0 Å². The molecule has 2 heterocycles. The minimum absolute atomic E-state index is 0.0358. The van der Waals surface area contributed by atoms with E-state index in [0.29, 0.717) is 5.56 Å². The third-order valence-electron chi connectivity index (χ3n) is 2.92. The molecule has 1 aromatic carbocycles. The van der Waals surface area contributed by atoms with Crippen molar-refractivity contribution in [3.63, 3.8) is 0 Å². The number of hydrogen-bond acceptors (Lipinski definition) is 2. The Morgan fingerprint density at radius 2 is 1.65 bits per heavy atom. The van der Waals surface area contributed by atoms with Crippen molar-refractivity contribution in [1.29, 1.82) is 0 Å². The summed E-state index contributed by atoms with van der Waals surface area (Å²) in [4.78, 5) is 0. The van der Waals surface area contributed by atoms with Gasteiger partial charge in [-0.25, -0.2) is 0 Å². The highest BCUT2D eigenvalue weighted by atomic mass is 19.4. The molecule has 0 saturated carbocycles. The van der Waals surface area contributed by atoms with Gasteiger partial charge in [0.2, 0.25) is 0 Å². The molecule has 0 aliphatic carbocycles. The van der Waals surface area contributed by atoms with Gasteiger partial charge in [0, 0.05) is 18.0 Å². The van der Waals surface area contributed by atoms with Crippen LogP contribution in [0.15, 0.2) is 42.7 Å². The van der Waals surface area contributed by atoms with Crippen LogP contribution in [0, 0.1) is 0 Å². The van der Waals surface area contributed by atoms with Crippen molar-refractivity contribution in [3.8, 4) is 22.4 Å². The summed E-state index contributed by atoms with van der Waals surface area (Å²) in [6.45, 7) is 0. The fourth-order valence-electron chi connectivity index (χ4n) is 1.97. The van der Waals surface area contributed by atoms with Gasteiger partial charge in [-0.1, -0.05) is 24.3 Å². The average Bonchev–Trinajstić information content (AvgIpc) is 3.10. The molecule has 0 aliphatic rings. The van der Waals surface area contributed by atoms with E-state index < -0.39 is 11.9 Å². The predicted octanol–water partition coefficient (Wildman–Crippen LogP) is 3.49. The van der Waals surface area contributed by atoms with Gasteiger partial charge in [0.05, 0.1) is 5.69 Å². The number of hydrogen-bond donors (Lipinski definition) is 2. The Labute approximate surface area is 111 Å². The number of H-pyrrole nitrogens is 2. The molecule has 0 aliphatic heterocycles. The van der Waals surface area contributed by atoms with Crippen LogP contribution in [0.3, 0.4) is 0 Å². The summed E-state index contributed by atoms with van der Waals surface area (Å²) in [6, 6.07) is 8.49. The van der Waals surface area contributed by atoms with Crippen molar-refractivity contribution < 1.29 is 13.2 Å². The Morgan fingerprint density at radius 1 is 0.950 bits per heavy atom. The maximum atomic E-state index is 12.8. The van der Waals surface area contributed by atoms with Crippen molar-refractivity contribution in [2.75, 3.05) is 0 Å². The number of alkyl halides is 3. The van der Waals surface area contributed by atoms with Gasteiger partial charge in [-0.2, -0.15) is 23.4 Å². The molecule has 7 heteroatoms. The van der Waals surface area contributed by atoms with E-state index in [-0.39, 0.29) is 5.56 Å². The molecule has 2 aromatic heterocycles. The summed E-state index contributed by atoms with van der Waals surface area (Å²) in [6.07, 6.45) is -1.62. The van der Waals surface area contributed by atoms with Gasteiger partial charge in [0.25, 0.3) is 0 Å². The topological polar surface area (TPSA) is 57.4 Å². The number of aromatic amines is 2. The first-order valence-electron chi connectivity index (χ1n) is 5.77. The summed E-state index contributed by atoms with van der Waals surface area (Å²) >= 11 is 0. The number of aromatic nitrogens is 4. The summed E-state index contributed by atoms with van der Waals surface area (Å²) < 4.78 is 38.3. The Morgan fingerprint density at radius 3 is 2.25 bits per heavy atom. The van der Waals surface area contributed by atoms with Crippen LogP contribution in [0.5, 0.6) is 0 Å². The zero-order valence-electron chi connectivity index (χ0n) is 10.1. The SMILES string of the molecule is FC(F)(F)c1n[nH]cc1-c1ccc(-c2ccn[nH]2)cc1. The minimum atomic E-state index is -4.47. The summed E-state index contributed by atoms with van der Waals surface area (Å²) in [5, 5.41) is 12.2. The second kappa shape index (κ2) is 4.52. The first kappa shape index (κ1) is 12.5. The van der Waals surface area contributed by atoms with E-state index in [1.807, 2.05) is 0 Å². The van der Waals surface area contributed by atoms with Gasteiger partial charge in [-0.15, -0.1) is 0 Å². The summed E-state index contributed by atoms with van der Waals surface area (Å²) in [5.41, 5.74) is 1.23. The zero-order chi connectivity index (χ0) is 14.2. The van der Waals surface area contributed by atoms with Crippen molar-refractivity contribution in [2.24, 2.45) is 0 Å². The molecule has 2 N–H and O–H groups in total. The Bertz CT molecular complexity index is 696. The van der Waals surface area contributed by atoms with Crippen LogP contribution in [0.2, 0.25) is 0 Å². The van der Waals surface area contributed by atoms with Crippen LogP contribution >= 0.6 is 0 Å². The van der Waals surface area contributed by atoms with Crippen LogP contribution in [0.1, 0.15) is 5.69 Å². The van der Waals surface area contributed by atoms with Gasteiger partial charge in [0.1, 0.15) is 0 Å². The number of rotatable bonds is 2. The van der Waals surface area contributed by atoms with Crippen LogP contribution < -0.4 is 0 Å². The van der Waals surface area contributed by atoms with Crippen molar-refractivity contribution in [1.82, 2.24) is 20.4 Å². The molecule has 102 valence electrons. The van der Waals surface area contributed by atoms with Crippen molar-refractivity contribution in [3.05, 3.63) is 48.4 Å². The van der Waals surface area contributed by atoms with E-state index in [2.05, 4.69) is 20.4 Å². The molecular weight excluding hydrogens is 269 g/mol. The molecule has 3 rings (SSSR count). The number of nitrogens with one attached hydrogen (secondary N) is 2. The predicted molar refractivity (Wildman–Crippen MR) is 66.6 cm³/mol. The maximum Gasteiger partial charge on any atom is 0.435 e. The number of nitrogens with zero attached hydrogens (tertiary/aromatic N) is 2. The van der Waals surface area contributed by atoms with E-state index in [0.717, 1.165) is 11.3 Å². The molecule has 0 fully saturated rings. The Kier molecular flexibility index (Phi) is 2.81. The minimum Gasteiger partial charge on any atom is -0.284 e. The lowest BCUT2D eigenvalue weighted by Crippen LogP contribution is -2.07. The highest BCUT2D eigenvalue weighted by molar-refractivity contribution is 5.70. The fraction of sp³-hybridized carbons (Fsp3) is 0.0769. The molecule has 3 aromatic rings. The number of benzene rings is 1. The second-order valence-electron chi connectivity index (χ2n) is 4.19. The van der Waals surface area contributed by atoms with Gasteiger partial charge >= 0.3 is 6.18 Å². The van der Waals surface area contributed by atoms with Crippen LogP contribution in [0.25, 0.3) is 22.4 Å². The first-order chi connectivity index (χ1) is 9.55. The highest BCUT2D eigenvalue weighted by Gasteiger charge is 2.36. The standard InChI is InChI=1S/C13H9F3N4/c14-13(15,16)12-10(7-18-20-12)8-1-3-9(4-2-8)11-5-6-17-19-11/h1-7H,(H,17,19)(H,18,20). The maximum absolute atomic E-state index is 12.8. The van der Waals surface area contributed by atoms with Crippen LogP contribution in [-0.4, -0.2) is 20.4 Å². The second-order valence-corrected chi connectivity index (χ2v) is 4.19. The molecule has 0 spiro atoms. The average molecular weight is 278 g/mol. The highest BCUT2D eigenvalue weighted by Crippen LogP contribution is 2.35. The van der Waals surface area contributed by atoms with Crippen molar-refractivity contribution >= 4 is 0 Å². The third kappa shape index (κ3) is 2.18. The van der Waals surface area contributed by atoms with Gasteiger partial charge in [0.15, 0.2) is 5.69 Å². The van der Waals surface area contributed by atoms with E-state index in [1.54, 1.807) is 36.5 Å². The Balaban J connectivity index is 1.98. The molecule has 4 nitrogen and oxygen atoms in total. The van der Waals surface area contributed by atoms with Gasteiger partial charge in [-0.05, 0) is 17.2 Å². The molecule has 0 bridgehead atoms. The smallest absolute Gasteiger partial charge is 0.284 e. The van der Waals surface area contributed by atoms with E-state index in [9.17, 15) is 13.2 Å². The summed E-state index contributed by atoms with van der Waals surface area (Å²) in [5.74, 6) is 0. The first-order valence-corrected chi connectivity index (χ1v) is 5.77. The Hall–Kier alpha value is -2.57. The van der Waals surface area contributed by atoms with E-state index in [1.165, 1.54) is 6.20 Å². The van der Waals surface area contributed by atoms with Crippen molar-refractivity contribution in [2.45, 2.75) is 6.18 Å². The number of halogens is 3. The lowest BCUT2D eigenvalue weighted by molar-refractivity contribution is -0.140. The largest absolute Gasteiger partial charge is 0.435 e. The zero-order valence-corrected chi connectivity index (χ0v) is 10.1. The fourth-order valence-corrected chi connectivity index (χ4v) is 1.97. The third-order valence-corrected chi connectivity index (χ3v) is 2.92. The van der Waals surface area contributed by atoms with Crippen LogP contribution in [0.4, 0.5) is 13.2 Å². The molecule has 0 radical (unpaired) electrons. The molecule has 0 atom stereocenters. The van der Waals surface area contributed by atoms with Gasteiger partial charge in [-0.3, -0.25) is 10.2 Å². The quantitative estimate of drug-likeness (QED) is 0.754. The molecule has 0 unspecified atom stereocenters. The van der Waals surface area contributed by atoms with Gasteiger partial charge < -0.3 is 0 Å². The molecule has 20 heavy (non-hydrogen) atoms. The lowest BCUT2D eigenvalue weighted by atomic mass is 10.0. The molecular formula is C13H9F3N4. The van der Waals surface area contributed by atoms with Crippen LogP contribution in [-0.2, 0) is 6.18 Å². The van der Waals surface area contributed by atoms with E-state index in [4.69, 9.17) is 0 Å². The molecule has 0 saturated heterocycles. The normalized spacial score (nSPS) is 11.8. The monoisotopic (exact) mass is 278 g/mol. The summed E-state index contributed by atoms with van der Waals surface area (Å²) in [7, 11) is 0.